The summed E-state index contributed by atoms with van der Waals surface area (Å²) >= 11 is 0. The summed E-state index contributed by atoms with van der Waals surface area (Å²) in [6, 6.07) is 13.7. The number of amides is 1. The lowest BCUT2D eigenvalue weighted by Gasteiger charge is -2.19. The second kappa shape index (κ2) is 13.6. The molecule has 0 fully saturated rings. The van der Waals surface area contributed by atoms with Gasteiger partial charge in [0.2, 0.25) is 5.91 Å². The highest BCUT2D eigenvalue weighted by molar-refractivity contribution is 5.85. The maximum Gasteiger partial charge on any atom is 0.220 e. The van der Waals surface area contributed by atoms with Gasteiger partial charge in [0, 0.05) is 18.8 Å². The summed E-state index contributed by atoms with van der Waals surface area (Å²) in [5.74, 6) is 0.0791. The number of benzene rings is 1. The molecule has 1 amide bonds. The standard InChI is InChI=1S/C19H25N3O.2ClH/c20-13-7-2-1-6-12-18(23)22-19(16-9-4-3-5-10-16)17-11-8-14-21-15-17;;/h3-5,8-11,14-15,19H,1-2,6-7,12-13,20H2,(H,22,23);2*1H. The second-order valence-corrected chi connectivity index (χ2v) is 5.65. The quantitative estimate of drug-likeness (QED) is 0.641. The molecule has 6 heteroatoms. The van der Waals surface area contributed by atoms with E-state index in [9.17, 15) is 4.79 Å². The lowest BCUT2D eigenvalue weighted by atomic mass is 10.00. The first kappa shape index (κ1) is 23.4. The van der Waals surface area contributed by atoms with Gasteiger partial charge in [0.25, 0.3) is 0 Å². The first-order valence-corrected chi connectivity index (χ1v) is 8.25. The van der Waals surface area contributed by atoms with Crippen molar-refractivity contribution in [2.24, 2.45) is 5.73 Å². The van der Waals surface area contributed by atoms with Crippen LogP contribution in [-0.4, -0.2) is 17.4 Å². The Hall–Kier alpha value is -1.62. The number of rotatable bonds is 9. The molecule has 0 aliphatic heterocycles. The van der Waals surface area contributed by atoms with Crippen molar-refractivity contribution in [3.8, 4) is 0 Å². The van der Waals surface area contributed by atoms with E-state index in [1.54, 1.807) is 12.4 Å². The highest BCUT2D eigenvalue weighted by atomic mass is 35.5. The fraction of sp³-hybridized carbons (Fsp3) is 0.368. The van der Waals surface area contributed by atoms with Crippen molar-refractivity contribution in [1.29, 1.82) is 0 Å². The van der Waals surface area contributed by atoms with Gasteiger partial charge in [0.15, 0.2) is 0 Å². The second-order valence-electron chi connectivity index (χ2n) is 5.65. The van der Waals surface area contributed by atoms with Gasteiger partial charge in [-0.15, -0.1) is 24.8 Å². The van der Waals surface area contributed by atoms with E-state index >= 15 is 0 Å². The number of halogens is 2. The average Bonchev–Trinajstić information content (AvgIpc) is 2.61. The molecule has 1 unspecified atom stereocenters. The predicted molar refractivity (Wildman–Crippen MR) is 107 cm³/mol. The van der Waals surface area contributed by atoms with Crippen LogP contribution in [0.4, 0.5) is 0 Å². The van der Waals surface area contributed by atoms with E-state index in [0.29, 0.717) is 6.42 Å². The molecule has 25 heavy (non-hydrogen) atoms. The number of nitrogens with one attached hydrogen (secondary N) is 1. The lowest BCUT2D eigenvalue weighted by molar-refractivity contribution is -0.121. The van der Waals surface area contributed by atoms with Crippen LogP contribution in [0.5, 0.6) is 0 Å². The van der Waals surface area contributed by atoms with Gasteiger partial charge in [-0.05, 0) is 36.6 Å². The van der Waals surface area contributed by atoms with Crippen molar-refractivity contribution >= 4 is 30.7 Å². The van der Waals surface area contributed by atoms with E-state index in [2.05, 4.69) is 10.3 Å². The van der Waals surface area contributed by atoms with Gasteiger partial charge < -0.3 is 11.1 Å². The first-order valence-electron chi connectivity index (χ1n) is 8.25. The molecule has 1 heterocycles. The molecule has 1 atom stereocenters. The van der Waals surface area contributed by atoms with Gasteiger partial charge in [0.05, 0.1) is 6.04 Å². The van der Waals surface area contributed by atoms with Crippen LogP contribution in [-0.2, 0) is 4.79 Å². The van der Waals surface area contributed by atoms with Crippen molar-refractivity contribution in [3.05, 3.63) is 66.0 Å². The summed E-state index contributed by atoms with van der Waals surface area (Å²) in [6.45, 7) is 0.725. The monoisotopic (exact) mass is 383 g/mol. The highest BCUT2D eigenvalue weighted by Gasteiger charge is 2.16. The Labute approximate surface area is 162 Å². The Morgan fingerprint density at radius 3 is 2.28 bits per heavy atom. The minimum Gasteiger partial charge on any atom is -0.345 e. The van der Waals surface area contributed by atoms with Crippen LogP contribution in [0.15, 0.2) is 54.9 Å². The molecule has 4 nitrogen and oxygen atoms in total. The summed E-state index contributed by atoms with van der Waals surface area (Å²) in [5, 5.41) is 3.14. The topological polar surface area (TPSA) is 68.0 Å². The minimum atomic E-state index is -0.151. The van der Waals surface area contributed by atoms with E-state index in [0.717, 1.165) is 43.4 Å². The van der Waals surface area contributed by atoms with Crippen LogP contribution < -0.4 is 11.1 Å². The number of nitrogens with zero attached hydrogens (tertiary/aromatic N) is 1. The summed E-state index contributed by atoms with van der Waals surface area (Å²) < 4.78 is 0. The summed E-state index contributed by atoms with van der Waals surface area (Å²) in [7, 11) is 0. The fourth-order valence-corrected chi connectivity index (χ4v) is 2.57. The van der Waals surface area contributed by atoms with Crippen LogP contribution in [0.3, 0.4) is 0 Å². The van der Waals surface area contributed by atoms with Gasteiger partial charge >= 0.3 is 0 Å². The fourth-order valence-electron chi connectivity index (χ4n) is 2.57. The van der Waals surface area contributed by atoms with E-state index in [1.807, 2.05) is 42.5 Å². The molecule has 3 N–H and O–H groups in total. The van der Waals surface area contributed by atoms with E-state index in [-0.39, 0.29) is 36.8 Å². The molecule has 0 bridgehead atoms. The van der Waals surface area contributed by atoms with Crippen LogP contribution in [0.1, 0.15) is 49.3 Å². The number of carbonyl (C=O) groups excluding carboxylic acids is 1. The first-order chi connectivity index (χ1) is 11.3. The zero-order chi connectivity index (χ0) is 16.3. The Morgan fingerprint density at radius 1 is 0.960 bits per heavy atom. The largest absolute Gasteiger partial charge is 0.345 e. The van der Waals surface area contributed by atoms with Crippen molar-refractivity contribution in [2.45, 2.75) is 38.1 Å². The van der Waals surface area contributed by atoms with Gasteiger partial charge in [-0.25, -0.2) is 0 Å². The van der Waals surface area contributed by atoms with Crippen LogP contribution in [0, 0.1) is 0 Å². The van der Waals surface area contributed by atoms with Crippen molar-refractivity contribution < 1.29 is 4.79 Å². The molecule has 0 spiro atoms. The molecule has 1 aromatic carbocycles. The summed E-state index contributed by atoms with van der Waals surface area (Å²) in [5.41, 5.74) is 7.54. The molecule has 1 aromatic heterocycles. The summed E-state index contributed by atoms with van der Waals surface area (Å²) in [6.07, 6.45) is 8.17. The van der Waals surface area contributed by atoms with Crippen molar-refractivity contribution in [2.75, 3.05) is 6.54 Å². The van der Waals surface area contributed by atoms with Gasteiger partial charge in [-0.3, -0.25) is 9.78 Å². The zero-order valence-electron chi connectivity index (χ0n) is 14.3. The van der Waals surface area contributed by atoms with Crippen LogP contribution >= 0.6 is 24.8 Å². The zero-order valence-corrected chi connectivity index (χ0v) is 15.9. The molecule has 2 aromatic rings. The number of unbranched alkanes of at least 4 members (excludes halogenated alkanes) is 3. The van der Waals surface area contributed by atoms with Gasteiger partial charge in [-0.1, -0.05) is 49.2 Å². The number of carbonyl (C=O) groups is 1. The van der Waals surface area contributed by atoms with Gasteiger partial charge in [0.1, 0.15) is 0 Å². The molecule has 0 aliphatic carbocycles. The Morgan fingerprint density at radius 2 is 1.64 bits per heavy atom. The number of nitrogens with two attached hydrogens (primary N) is 1. The normalized spacial score (nSPS) is 10.9. The lowest BCUT2D eigenvalue weighted by Crippen LogP contribution is -2.29. The maximum absolute atomic E-state index is 12.3. The Bertz CT molecular complexity index is 542. The third-order valence-electron chi connectivity index (χ3n) is 3.81. The molecular formula is C19H27Cl2N3O. The number of hydrogen-bond acceptors (Lipinski definition) is 3. The van der Waals surface area contributed by atoms with Crippen molar-refractivity contribution in [3.63, 3.8) is 0 Å². The van der Waals surface area contributed by atoms with Gasteiger partial charge in [-0.2, -0.15) is 0 Å². The third-order valence-corrected chi connectivity index (χ3v) is 3.81. The minimum absolute atomic E-state index is 0. The summed E-state index contributed by atoms with van der Waals surface area (Å²) in [4.78, 5) is 16.4. The molecule has 138 valence electrons. The molecular weight excluding hydrogens is 357 g/mol. The van der Waals surface area contributed by atoms with Crippen LogP contribution in [0.2, 0.25) is 0 Å². The third kappa shape index (κ3) is 8.34. The number of pyridine rings is 1. The predicted octanol–water partition coefficient (Wildman–Crippen LogP) is 4.04. The van der Waals surface area contributed by atoms with Crippen LogP contribution in [0.25, 0.3) is 0 Å². The van der Waals surface area contributed by atoms with E-state index in [4.69, 9.17) is 5.73 Å². The molecule has 0 saturated carbocycles. The smallest absolute Gasteiger partial charge is 0.220 e. The van der Waals surface area contributed by atoms with Crippen molar-refractivity contribution in [1.82, 2.24) is 10.3 Å². The molecule has 0 aliphatic rings. The molecule has 0 radical (unpaired) electrons. The number of hydrogen-bond donors (Lipinski definition) is 2. The Balaban J connectivity index is 0.00000288. The average molecular weight is 384 g/mol. The number of aromatic nitrogens is 1. The SMILES string of the molecule is Cl.Cl.NCCCCCCC(=O)NC(c1ccccc1)c1cccnc1. The molecule has 0 saturated heterocycles. The highest BCUT2D eigenvalue weighted by Crippen LogP contribution is 2.21. The van der Waals surface area contributed by atoms with E-state index in [1.165, 1.54) is 0 Å². The van der Waals surface area contributed by atoms with E-state index < -0.39 is 0 Å². The Kier molecular flexibility index (Phi) is 12.8. The molecule has 2 rings (SSSR count). The maximum atomic E-state index is 12.3.